The van der Waals surface area contributed by atoms with Crippen LogP contribution in [-0.2, 0) is 0 Å². The number of likely N-dealkylation sites (tertiary alicyclic amines) is 1. The summed E-state index contributed by atoms with van der Waals surface area (Å²) in [5.74, 6) is 0. The topological polar surface area (TPSA) is 29.3 Å². The van der Waals surface area contributed by atoms with Gasteiger partial charge in [0.1, 0.15) is 0 Å². The van der Waals surface area contributed by atoms with Crippen molar-refractivity contribution in [3.63, 3.8) is 0 Å². The predicted molar refractivity (Wildman–Crippen MR) is 68.6 cm³/mol. The first kappa shape index (κ1) is 11.9. The normalized spacial score (nSPS) is 24.3. The van der Waals surface area contributed by atoms with Crippen molar-refractivity contribution in [1.82, 2.24) is 4.90 Å². The lowest BCUT2D eigenvalue weighted by Crippen LogP contribution is -2.43. The van der Waals surface area contributed by atoms with E-state index < -0.39 is 0 Å². The summed E-state index contributed by atoms with van der Waals surface area (Å²) in [6, 6.07) is 8.85. The van der Waals surface area contributed by atoms with Crippen LogP contribution in [-0.4, -0.2) is 24.0 Å². The van der Waals surface area contributed by atoms with Crippen molar-refractivity contribution in [3.05, 3.63) is 34.9 Å². The van der Waals surface area contributed by atoms with E-state index >= 15 is 0 Å². The van der Waals surface area contributed by atoms with Crippen LogP contribution in [0.3, 0.4) is 0 Å². The van der Waals surface area contributed by atoms with E-state index in [0.29, 0.717) is 12.1 Å². The molecule has 1 fully saturated rings. The van der Waals surface area contributed by atoms with Gasteiger partial charge in [0.2, 0.25) is 0 Å². The Morgan fingerprint density at radius 3 is 3.00 bits per heavy atom. The van der Waals surface area contributed by atoms with Crippen LogP contribution in [0.25, 0.3) is 0 Å². The van der Waals surface area contributed by atoms with Gasteiger partial charge in [-0.05, 0) is 44.0 Å². The van der Waals surface area contributed by atoms with Gasteiger partial charge in [0.15, 0.2) is 0 Å². The summed E-state index contributed by atoms with van der Waals surface area (Å²) >= 11 is 6.01. The Kier molecular flexibility index (Phi) is 3.85. The lowest BCUT2D eigenvalue weighted by Gasteiger charge is -2.35. The van der Waals surface area contributed by atoms with Crippen LogP contribution in [0.2, 0.25) is 5.02 Å². The lowest BCUT2D eigenvalue weighted by atomic mass is 10.0. The Labute approximate surface area is 102 Å². The van der Waals surface area contributed by atoms with Gasteiger partial charge in [-0.2, -0.15) is 0 Å². The van der Waals surface area contributed by atoms with E-state index in [2.05, 4.69) is 17.9 Å². The fraction of sp³-hybridized carbons (Fsp3) is 0.538. The highest BCUT2D eigenvalue weighted by molar-refractivity contribution is 6.30. The van der Waals surface area contributed by atoms with Crippen LogP contribution in [0.1, 0.15) is 31.4 Å². The smallest absolute Gasteiger partial charge is 0.0409 e. The zero-order chi connectivity index (χ0) is 11.5. The first-order valence-corrected chi connectivity index (χ1v) is 6.29. The molecule has 2 rings (SSSR count). The number of hydrogen-bond acceptors (Lipinski definition) is 2. The highest BCUT2D eigenvalue weighted by atomic mass is 35.5. The molecule has 2 nitrogen and oxygen atoms in total. The first-order valence-electron chi connectivity index (χ1n) is 5.92. The van der Waals surface area contributed by atoms with Crippen LogP contribution >= 0.6 is 11.6 Å². The van der Waals surface area contributed by atoms with Crippen molar-refractivity contribution in [3.8, 4) is 0 Å². The van der Waals surface area contributed by atoms with Gasteiger partial charge in [-0.25, -0.2) is 0 Å². The molecule has 0 aromatic heterocycles. The summed E-state index contributed by atoms with van der Waals surface area (Å²) in [5.41, 5.74) is 7.28. The first-order chi connectivity index (χ1) is 7.66. The van der Waals surface area contributed by atoms with Crippen molar-refractivity contribution in [1.29, 1.82) is 0 Å². The average Bonchev–Trinajstić information content (AvgIpc) is 2.28. The molecule has 2 N–H and O–H groups in total. The second kappa shape index (κ2) is 5.17. The lowest BCUT2D eigenvalue weighted by molar-refractivity contribution is 0.159. The molecule has 88 valence electrons. The Balaban J connectivity index is 2.09. The van der Waals surface area contributed by atoms with E-state index in [4.69, 9.17) is 17.3 Å². The highest BCUT2D eigenvalue weighted by Gasteiger charge is 2.22. The average molecular weight is 239 g/mol. The SMILES string of the molecule is C[C@H](c1cccc(Cl)c1)N1CCC[C@H](N)C1. The maximum absolute atomic E-state index is 6.01. The van der Waals surface area contributed by atoms with Crippen LogP contribution in [0.4, 0.5) is 0 Å². The third-order valence-electron chi connectivity index (χ3n) is 3.37. The van der Waals surface area contributed by atoms with Gasteiger partial charge in [0.05, 0.1) is 0 Å². The molecule has 16 heavy (non-hydrogen) atoms. The monoisotopic (exact) mass is 238 g/mol. The predicted octanol–water partition coefficient (Wildman–Crippen LogP) is 2.82. The molecule has 1 saturated heterocycles. The maximum atomic E-state index is 6.01. The van der Waals surface area contributed by atoms with Crippen molar-refractivity contribution < 1.29 is 0 Å². The Hall–Kier alpha value is -0.570. The highest BCUT2D eigenvalue weighted by Crippen LogP contribution is 2.25. The zero-order valence-corrected chi connectivity index (χ0v) is 10.5. The molecule has 1 aromatic rings. The summed E-state index contributed by atoms with van der Waals surface area (Å²) in [6.07, 6.45) is 2.35. The Morgan fingerprint density at radius 1 is 1.50 bits per heavy atom. The molecule has 0 unspecified atom stereocenters. The van der Waals surface area contributed by atoms with Crippen molar-refractivity contribution >= 4 is 11.6 Å². The van der Waals surface area contributed by atoms with E-state index in [1.54, 1.807) is 0 Å². The van der Waals surface area contributed by atoms with Crippen molar-refractivity contribution in [2.45, 2.75) is 31.8 Å². The minimum absolute atomic E-state index is 0.329. The number of piperidine rings is 1. The molecule has 0 saturated carbocycles. The Morgan fingerprint density at radius 2 is 2.31 bits per heavy atom. The fourth-order valence-corrected chi connectivity index (χ4v) is 2.57. The third kappa shape index (κ3) is 2.76. The molecular weight excluding hydrogens is 220 g/mol. The number of benzene rings is 1. The van der Waals surface area contributed by atoms with E-state index in [1.807, 2.05) is 18.2 Å². The molecule has 0 aliphatic carbocycles. The second-order valence-corrected chi connectivity index (χ2v) is 5.06. The molecule has 0 bridgehead atoms. The zero-order valence-electron chi connectivity index (χ0n) is 9.70. The summed E-state index contributed by atoms with van der Waals surface area (Å²) in [6.45, 7) is 4.36. The van der Waals surface area contributed by atoms with E-state index in [0.717, 1.165) is 24.5 Å². The van der Waals surface area contributed by atoms with Gasteiger partial charge >= 0.3 is 0 Å². The molecule has 0 amide bonds. The number of halogens is 1. The van der Waals surface area contributed by atoms with E-state index in [1.165, 1.54) is 12.0 Å². The molecule has 1 aromatic carbocycles. The van der Waals surface area contributed by atoms with Gasteiger partial charge in [-0.1, -0.05) is 23.7 Å². The van der Waals surface area contributed by atoms with Gasteiger partial charge in [-0.15, -0.1) is 0 Å². The quantitative estimate of drug-likeness (QED) is 0.859. The van der Waals surface area contributed by atoms with Crippen LogP contribution in [0.15, 0.2) is 24.3 Å². The molecular formula is C13H19ClN2. The molecule has 0 radical (unpaired) electrons. The van der Waals surface area contributed by atoms with Crippen molar-refractivity contribution in [2.24, 2.45) is 5.73 Å². The van der Waals surface area contributed by atoms with E-state index in [9.17, 15) is 0 Å². The molecule has 1 aliphatic heterocycles. The van der Waals surface area contributed by atoms with Gasteiger partial charge in [0.25, 0.3) is 0 Å². The maximum Gasteiger partial charge on any atom is 0.0409 e. The van der Waals surface area contributed by atoms with Gasteiger partial charge in [0, 0.05) is 23.7 Å². The molecule has 1 aliphatic rings. The minimum atomic E-state index is 0.329. The molecule has 3 heteroatoms. The van der Waals surface area contributed by atoms with Crippen molar-refractivity contribution in [2.75, 3.05) is 13.1 Å². The fourth-order valence-electron chi connectivity index (χ4n) is 2.37. The number of nitrogens with two attached hydrogens (primary N) is 1. The number of nitrogens with zero attached hydrogens (tertiary/aromatic N) is 1. The van der Waals surface area contributed by atoms with Crippen LogP contribution in [0, 0.1) is 0 Å². The van der Waals surface area contributed by atoms with Gasteiger partial charge in [-0.3, -0.25) is 4.90 Å². The Bertz CT molecular complexity index is 354. The summed E-state index contributed by atoms with van der Waals surface area (Å²) in [7, 11) is 0. The van der Waals surface area contributed by atoms with Crippen LogP contribution in [0.5, 0.6) is 0 Å². The summed E-state index contributed by atoms with van der Waals surface area (Å²) < 4.78 is 0. The second-order valence-electron chi connectivity index (χ2n) is 4.63. The van der Waals surface area contributed by atoms with E-state index in [-0.39, 0.29) is 0 Å². The standard InChI is InChI=1S/C13H19ClN2/c1-10(11-4-2-5-12(14)8-11)16-7-3-6-13(15)9-16/h2,4-5,8,10,13H,3,6-7,9,15H2,1H3/t10-,13+/m1/s1. The summed E-state index contributed by atoms with van der Waals surface area (Å²) in [5, 5.41) is 0.811. The molecule has 0 spiro atoms. The minimum Gasteiger partial charge on any atom is -0.327 e. The third-order valence-corrected chi connectivity index (χ3v) is 3.60. The van der Waals surface area contributed by atoms with Gasteiger partial charge < -0.3 is 5.73 Å². The molecule has 1 heterocycles. The summed E-state index contributed by atoms with van der Waals surface area (Å²) in [4.78, 5) is 2.44. The molecule has 2 atom stereocenters. The number of hydrogen-bond donors (Lipinski definition) is 1. The van der Waals surface area contributed by atoms with Crippen LogP contribution < -0.4 is 5.73 Å². The number of rotatable bonds is 2. The largest absolute Gasteiger partial charge is 0.327 e.